The topological polar surface area (TPSA) is 94.7 Å². The molecule has 1 aromatic carbocycles. The van der Waals surface area contributed by atoms with Crippen molar-refractivity contribution in [1.82, 2.24) is 20.2 Å². The summed E-state index contributed by atoms with van der Waals surface area (Å²) in [6, 6.07) is 6.78. The van der Waals surface area contributed by atoms with Gasteiger partial charge < -0.3 is 20.5 Å². The maximum Gasteiger partial charge on any atom is 0.251 e. The minimum Gasteiger partial charge on any atom is -0.352 e. The fourth-order valence-corrected chi connectivity index (χ4v) is 4.49. The number of quaternary nitrogens is 1. The van der Waals surface area contributed by atoms with Crippen LogP contribution in [0.2, 0.25) is 5.02 Å². The maximum atomic E-state index is 12.6. The maximum absolute atomic E-state index is 12.6. The second-order valence-corrected chi connectivity index (χ2v) is 7.96. The number of hydrogen-bond acceptors (Lipinski definition) is 3. The van der Waals surface area contributed by atoms with Gasteiger partial charge in [0.05, 0.1) is 12.9 Å². The number of nitrogens with two attached hydrogens (primary N) is 1. The highest BCUT2D eigenvalue weighted by atomic mass is 35.5. The number of imidazole rings is 1. The minimum atomic E-state index is -0.212. The first-order chi connectivity index (χ1) is 13.6. The molecule has 2 aromatic rings. The molecule has 4 N–H and O–H groups in total. The Bertz CT molecular complexity index is 873. The van der Waals surface area contributed by atoms with E-state index in [9.17, 15) is 9.59 Å². The van der Waals surface area contributed by atoms with E-state index in [1.807, 2.05) is 4.90 Å². The van der Waals surface area contributed by atoms with Gasteiger partial charge in [0, 0.05) is 61.6 Å². The number of rotatable bonds is 4. The van der Waals surface area contributed by atoms with Crippen molar-refractivity contribution in [3.63, 3.8) is 0 Å². The molecule has 1 fully saturated rings. The van der Waals surface area contributed by atoms with Gasteiger partial charge in [-0.3, -0.25) is 9.59 Å². The Kier molecular flexibility index (Phi) is 5.37. The molecule has 2 aliphatic heterocycles. The predicted octanol–water partition coefficient (Wildman–Crippen LogP) is 0.820. The smallest absolute Gasteiger partial charge is 0.251 e. The van der Waals surface area contributed by atoms with Gasteiger partial charge in [0.1, 0.15) is 11.2 Å². The lowest BCUT2D eigenvalue weighted by atomic mass is 9.80. The van der Waals surface area contributed by atoms with E-state index in [-0.39, 0.29) is 17.4 Å². The molecule has 28 heavy (non-hydrogen) atoms. The first-order valence-electron chi connectivity index (χ1n) is 9.76. The number of halogens is 1. The molecule has 0 unspecified atom stereocenters. The molecule has 1 aromatic heterocycles. The Balaban J connectivity index is 1.27. The normalized spacial score (nSPS) is 18.0. The summed E-state index contributed by atoms with van der Waals surface area (Å²) in [7, 11) is 0. The number of H-pyrrole nitrogens is 1. The highest BCUT2D eigenvalue weighted by Gasteiger charge is 2.45. The lowest BCUT2D eigenvalue weighted by Gasteiger charge is -2.41. The number of aromatic amines is 1. The first-order valence-corrected chi connectivity index (χ1v) is 10.1. The molecule has 0 bridgehead atoms. The number of piperidine rings is 1. The third kappa shape index (κ3) is 3.77. The van der Waals surface area contributed by atoms with Crippen LogP contribution in [0, 0.1) is 0 Å². The summed E-state index contributed by atoms with van der Waals surface area (Å²) in [4.78, 5) is 34.4. The largest absolute Gasteiger partial charge is 0.352 e. The molecule has 0 atom stereocenters. The number of carbonyl (C=O) groups is 2. The lowest BCUT2D eigenvalue weighted by molar-refractivity contribution is -0.743. The van der Waals surface area contributed by atoms with Crippen LogP contribution in [-0.4, -0.2) is 52.9 Å². The number of likely N-dealkylation sites (tertiary alicyclic amines) is 1. The average molecular weight is 403 g/mol. The monoisotopic (exact) mass is 402 g/mol. The second-order valence-electron chi connectivity index (χ2n) is 7.53. The Morgan fingerprint density at radius 3 is 2.93 bits per heavy atom. The van der Waals surface area contributed by atoms with E-state index < -0.39 is 0 Å². The van der Waals surface area contributed by atoms with Gasteiger partial charge in [-0.05, 0) is 18.2 Å². The van der Waals surface area contributed by atoms with Crippen LogP contribution in [0.15, 0.2) is 30.6 Å². The zero-order chi connectivity index (χ0) is 19.6. The molecule has 3 heterocycles. The highest BCUT2D eigenvalue weighted by molar-refractivity contribution is 6.30. The quantitative estimate of drug-likeness (QED) is 0.706. The van der Waals surface area contributed by atoms with E-state index in [4.69, 9.17) is 11.6 Å². The van der Waals surface area contributed by atoms with Crippen molar-refractivity contribution in [3.8, 4) is 0 Å². The highest BCUT2D eigenvalue weighted by Crippen LogP contribution is 2.31. The Labute approximate surface area is 168 Å². The standard InChI is InChI=1S/C20H24ClN5O2/c21-15-3-1-2-14(12-15)19(28)22-8-5-17(27)26-10-6-20(7-11-26)18-16(4-9-25-20)23-13-24-18/h1-3,12-13,25H,4-11H2,(H,22,28)(H,23,24)/p+1. The van der Waals surface area contributed by atoms with Crippen molar-refractivity contribution in [2.75, 3.05) is 26.2 Å². The molecule has 148 valence electrons. The number of nitrogens with one attached hydrogen (secondary N) is 2. The number of benzene rings is 1. The zero-order valence-corrected chi connectivity index (χ0v) is 16.5. The molecule has 1 saturated heterocycles. The molecule has 4 rings (SSSR count). The fraction of sp³-hybridized carbons (Fsp3) is 0.450. The molecular weight excluding hydrogens is 378 g/mol. The summed E-state index contributed by atoms with van der Waals surface area (Å²) < 4.78 is 0. The van der Waals surface area contributed by atoms with E-state index in [1.165, 1.54) is 11.4 Å². The van der Waals surface area contributed by atoms with Crippen molar-refractivity contribution >= 4 is 23.4 Å². The summed E-state index contributed by atoms with van der Waals surface area (Å²) in [6.45, 7) is 2.83. The van der Waals surface area contributed by atoms with Crippen molar-refractivity contribution in [3.05, 3.63) is 52.6 Å². The Hall–Kier alpha value is -2.38. The van der Waals surface area contributed by atoms with Gasteiger partial charge in [-0.25, -0.2) is 4.98 Å². The molecule has 0 radical (unpaired) electrons. The molecule has 0 aliphatic carbocycles. The number of fused-ring (bicyclic) bond motifs is 2. The van der Waals surface area contributed by atoms with Gasteiger partial charge >= 0.3 is 0 Å². The van der Waals surface area contributed by atoms with Gasteiger partial charge in [-0.1, -0.05) is 17.7 Å². The first kappa shape index (κ1) is 19.0. The fourth-order valence-electron chi connectivity index (χ4n) is 4.30. The Morgan fingerprint density at radius 1 is 1.32 bits per heavy atom. The van der Waals surface area contributed by atoms with Gasteiger partial charge in [0.2, 0.25) is 5.91 Å². The number of carbonyl (C=O) groups excluding carboxylic acids is 2. The summed E-state index contributed by atoms with van der Waals surface area (Å²) >= 11 is 5.91. The summed E-state index contributed by atoms with van der Waals surface area (Å²) in [6.07, 6.45) is 4.92. The SMILES string of the molecule is O=C(NCCC(=O)N1CCC2(CC1)[NH2+]CCc1[nH]cnc12)c1cccc(Cl)c1. The minimum absolute atomic E-state index is 0.00512. The average Bonchev–Trinajstić information content (AvgIpc) is 3.19. The summed E-state index contributed by atoms with van der Waals surface area (Å²) in [5, 5.41) is 5.71. The Morgan fingerprint density at radius 2 is 2.14 bits per heavy atom. The van der Waals surface area contributed by atoms with Crippen LogP contribution in [0.4, 0.5) is 0 Å². The zero-order valence-electron chi connectivity index (χ0n) is 15.7. The molecule has 7 nitrogen and oxygen atoms in total. The van der Waals surface area contributed by atoms with E-state index in [2.05, 4.69) is 20.6 Å². The van der Waals surface area contributed by atoms with Crippen LogP contribution in [0.25, 0.3) is 0 Å². The van der Waals surface area contributed by atoms with E-state index in [0.29, 0.717) is 23.6 Å². The second kappa shape index (κ2) is 7.93. The third-order valence-corrected chi connectivity index (χ3v) is 6.07. The van der Waals surface area contributed by atoms with Crippen molar-refractivity contribution < 1.29 is 14.9 Å². The number of aromatic nitrogens is 2. The molecule has 8 heteroatoms. The van der Waals surface area contributed by atoms with Crippen molar-refractivity contribution in [2.24, 2.45) is 0 Å². The van der Waals surface area contributed by atoms with Gasteiger partial charge in [-0.15, -0.1) is 0 Å². The van der Waals surface area contributed by atoms with Crippen LogP contribution in [-0.2, 0) is 16.8 Å². The molecule has 1 spiro atoms. The molecule has 0 saturated carbocycles. The van der Waals surface area contributed by atoms with Crippen LogP contribution in [0.1, 0.15) is 41.0 Å². The van der Waals surface area contributed by atoms with Crippen molar-refractivity contribution in [1.29, 1.82) is 0 Å². The predicted molar refractivity (Wildman–Crippen MR) is 105 cm³/mol. The van der Waals surface area contributed by atoms with Crippen LogP contribution in [0.5, 0.6) is 0 Å². The van der Waals surface area contributed by atoms with Gasteiger partial charge in [0.25, 0.3) is 5.91 Å². The number of amides is 2. The van der Waals surface area contributed by atoms with Crippen LogP contribution < -0.4 is 10.6 Å². The molecular formula is C20H25ClN5O2+. The number of hydrogen-bond donors (Lipinski definition) is 3. The third-order valence-electron chi connectivity index (χ3n) is 5.84. The molecule has 2 aliphatic rings. The summed E-state index contributed by atoms with van der Waals surface area (Å²) in [5.74, 6) is -0.130. The summed E-state index contributed by atoms with van der Waals surface area (Å²) in [5.41, 5.74) is 2.92. The van der Waals surface area contributed by atoms with E-state index in [0.717, 1.165) is 38.9 Å². The van der Waals surface area contributed by atoms with E-state index >= 15 is 0 Å². The number of nitrogens with zero attached hydrogens (tertiary/aromatic N) is 2. The van der Waals surface area contributed by atoms with Gasteiger partial charge in [0.15, 0.2) is 0 Å². The lowest BCUT2D eigenvalue weighted by Crippen LogP contribution is -2.97. The van der Waals surface area contributed by atoms with Gasteiger partial charge in [-0.2, -0.15) is 0 Å². The molecule has 2 amide bonds. The van der Waals surface area contributed by atoms with Crippen LogP contribution >= 0.6 is 11.6 Å². The van der Waals surface area contributed by atoms with Crippen molar-refractivity contribution in [2.45, 2.75) is 31.2 Å². The van der Waals surface area contributed by atoms with Crippen LogP contribution in [0.3, 0.4) is 0 Å². The van der Waals surface area contributed by atoms with E-state index in [1.54, 1.807) is 30.6 Å².